The van der Waals surface area contributed by atoms with Gasteiger partial charge in [0.15, 0.2) is 0 Å². The summed E-state index contributed by atoms with van der Waals surface area (Å²) in [4.78, 5) is 26.3. The fourth-order valence-corrected chi connectivity index (χ4v) is 7.40. The van der Waals surface area contributed by atoms with Crippen LogP contribution >= 0.6 is 11.6 Å². The molecule has 14 heteroatoms. The minimum Gasteiger partial charge on any atom is -0.464 e. The predicted molar refractivity (Wildman–Crippen MR) is 183 cm³/mol. The van der Waals surface area contributed by atoms with Crippen LogP contribution in [-0.4, -0.2) is 75.2 Å². The maximum Gasteiger partial charge on any atom is 0.415 e. The molecule has 1 aromatic heterocycles. The van der Waals surface area contributed by atoms with Crippen LogP contribution in [0.5, 0.6) is 5.88 Å². The van der Waals surface area contributed by atoms with Crippen LogP contribution in [0.3, 0.4) is 0 Å². The van der Waals surface area contributed by atoms with Crippen molar-refractivity contribution in [2.24, 2.45) is 17.3 Å². The number of nitrogens with zero attached hydrogens (tertiary/aromatic N) is 3. The average molecular weight is 722 g/mol. The highest BCUT2D eigenvalue weighted by Gasteiger charge is 2.40. The Morgan fingerprint density at radius 2 is 1.80 bits per heavy atom. The van der Waals surface area contributed by atoms with Crippen LogP contribution in [0.2, 0.25) is 0 Å². The van der Waals surface area contributed by atoms with Gasteiger partial charge in [0, 0.05) is 37.9 Å². The molecule has 2 aromatic rings. The van der Waals surface area contributed by atoms with Crippen molar-refractivity contribution in [3.05, 3.63) is 72.5 Å². The second kappa shape index (κ2) is 18.4. The fraction of sp³-hybridized carbons (Fsp3) is 0.543. The lowest BCUT2D eigenvalue weighted by Crippen LogP contribution is -2.39. The first kappa shape index (κ1) is 39.8. The quantitative estimate of drug-likeness (QED) is 0.0565. The molecule has 0 bridgehead atoms. The molecule has 3 rings (SSSR count). The summed E-state index contributed by atoms with van der Waals surface area (Å²) in [7, 11) is -4.26. The molecule has 0 N–H and O–H groups in total. The van der Waals surface area contributed by atoms with Crippen molar-refractivity contribution in [3.63, 3.8) is 0 Å². The summed E-state index contributed by atoms with van der Waals surface area (Å²) in [6, 6.07) is 7.48. The maximum absolute atomic E-state index is 12.8. The number of sulfone groups is 1. The number of allylic oxidation sites excluding steroid dienone is 2. The number of ether oxygens (including phenoxy) is 3. The van der Waals surface area contributed by atoms with E-state index in [2.05, 4.69) is 55.2 Å². The number of alkyl halides is 1. The molecule has 0 unspecified atom stereocenters. The second-order valence-corrected chi connectivity index (χ2v) is 14.9. The van der Waals surface area contributed by atoms with Gasteiger partial charge in [-0.25, -0.2) is 8.42 Å². The zero-order valence-corrected chi connectivity index (χ0v) is 30.2. The molecular weight excluding hydrogens is 674 g/mol. The van der Waals surface area contributed by atoms with Gasteiger partial charge in [-0.05, 0) is 73.8 Å². The Hall–Kier alpha value is -3.68. The van der Waals surface area contributed by atoms with Gasteiger partial charge in [-0.3, -0.25) is 19.1 Å². The van der Waals surface area contributed by atoms with Crippen LogP contribution in [-0.2, 0) is 28.9 Å². The van der Waals surface area contributed by atoms with E-state index in [1.807, 2.05) is 6.08 Å². The summed E-state index contributed by atoms with van der Waals surface area (Å²) >= 11 is 6.17. The molecule has 12 nitrogen and oxygen atoms in total. The molecule has 0 aliphatic heterocycles. The van der Waals surface area contributed by atoms with Gasteiger partial charge >= 0.3 is 22.8 Å². The van der Waals surface area contributed by atoms with Crippen LogP contribution in [0.25, 0.3) is 0 Å². The third-order valence-electron chi connectivity index (χ3n) is 9.04. The van der Waals surface area contributed by atoms with E-state index in [0.717, 1.165) is 30.4 Å². The monoisotopic (exact) mass is 721 g/mol. The van der Waals surface area contributed by atoms with E-state index in [0.29, 0.717) is 24.9 Å². The van der Waals surface area contributed by atoms with Crippen LogP contribution in [0, 0.1) is 22.5 Å². The molecule has 270 valence electrons. The van der Waals surface area contributed by atoms with Crippen molar-refractivity contribution in [2.45, 2.75) is 75.3 Å². The first-order valence-electron chi connectivity index (χ1n) is 16.4. The van der Waals surface area contributed by atoms with Gasteiger partial charge in [0.2, 0.25) is 0 Å². The Kier molecular flexibility index (Phi) is 14.9. The van der Waals surface area contributed by atoms with Crippen molar-refractivity contribution in [2.75, 3.05) is 38.8 Å². The second-order valence-electron chi connectivity index (χ2n) is 12.7. The fourth-order valence-electron chi connectivity index (χ4n) is 5.91. The van der Waals surface area contributed by atoms with Crippen LogP contribution in [0.4, 0.5) is 0 Å². The summed E-state index contributed by atoms with van der Waals surface area (Å²) in [5, 5.41) is 14.5. The molecule has 3 atom stereocenters. The first-order valence-corrected chi connectivity index (χ1v) is 18.4. The van der Waals surface area contributed by atoms with Crippen LogP contribution in [0.1, 0.15) is 59.3 Å². The molecule has 0 amide bonds. The van der Waals surface area contributed by atoms with Crippen molar-refractivity contribution in [1.29, 1.82) is 0 Å². The van der Waals surface area contributed by atoms with Gasteiger partial charge in [0.25, 0.3) is 9.84 Å². The van der Waals surface area contributed by atoms with E-state index < -0.39 is 32.7 Å². The highest BCUT2D eigenvalue weighted by atomic mass is 35.5. The number of carbonyl (C=O) groups is 2. The zero-order valence-electron chi connectivity index (χ0n) is 28.6. The molecular formula is C35H48ClN3O9S. The van der Waals surface area contributed by atoms with Crippen LogP contribution < -0.4 is 9.64 Å². The van der Waals surface area contributed by atoms with Gasteiger partial charge in [-0.2, -0.15) is 0 Å². The molecule has 49 heavy (non-hydrogen) atoms. The Bertz CT molecular complexity index is 1560. The normalized spacial score (nSPS) is 19.4. The minimum atomic E-state index is -4.26. The molecule has 1 heterocycles. The predicted octanol–water partition coefficient (Wildman–Crippen LogP) is 5.45. The maximum atomic E-state index is 12.8. The summed E-state index contributed by atoms with van der Waals surface area (Å²) < 4.78 is 45.8. The Balaban J connectivity index is 1.35. The average Bonchev–Trinajstić information content (AvgIpc) is 3.46. The Morgan fingerprint density at radius 1 is 1.14 bits per heavy atom. The van der Waals surface area contributed by atoms with Crippen molar-refractivity contribution in [3.8, 4) is 5.88 Å². The van der Waals surface area contributed by atoms with Gasteiger partial charge < -0.3 is 19.4 Å². The number of carbonyl (C=O) groups excluding carboxylic acids is 2. The van der Waals surface area contributed by atoms with Gasteiger partial charge in [0.05, 0.1) is 10.1 Å². The highest BCUT2D eigenvalue weighted by Crippen LogP contribution is 2.49. The topological polar surface area (TPSA) is 152 Å². The molecule has 1 saturated carbocycles. The molecule has 0 radical (unpaired) electrons. The van der Waals surface area contributed by atoms with Crippen molar-refractivity contribution < 1.29 is 41.7 Å². The highest BCUT2D eigenvalue weighted by molar-refractivity contribution is 7.91. The molecule has 0 saturated heterocycles. The molecule has 1 fully saturated rings. The molecule has 1 aliphatic carbocycles. The van der Waals surface area contributed by atoms with E-state index in [9.17, 15) is 23.2 Å². The lowest BCUT2D eigenvalue weighted by atomic mass is 9.61. The van der Waals surface area contributed by atoms with Gasteiger partial charge in [-0.1, -0.05) is 55.5 Å². The van der Waals surface area contributed by atoms with E-state index in [-0.39, 0.29) is 66.3 Å². The van der Waals surface area contributed by atoms with Crippen molar-refractivity contribution >= 4 is 33.4 Å². The number of halogens is 1. The van der Waals surface area contributed by atoms with E-state index in [4.69, 9.17) is 25.8 Å². The molecule has 0 spiro atoms. The lowest BCUT2D eigenvalue weighted by molar-refractivity contribution is -0.832. The third-order valence-corrected chi connectivity index (χ3v) is 11.1. The number of rotatable bonds is 20. The smallest absolute Gasteiger partial charge is 0.415 e. The summed E-state index contributed by atoms with van der Waals surface area (Å²) in [6.45, 7) is 20.1. The Labute approximate surface area is 294 Å². The number of aromatic nitrogens is 2. The van der Waals surface area contributed by atoms with E-state index >= 15 is 0 Å². The van der Waals surface area contributed by atoms with Gasteiger partial charge in [0.1, 0.15) is 19.8 Å². The third kappa shape index (κ3) is 10.9. The molecule has 1 aliphatic rings. The summed E-state index contributed by atoms with van der Waals surface area (Å²) in [6.07, 6.45) is 5.22. The first-order chi connectivity index (χ1) is 23.2. The minimum absolute atomic E-state index is 0.0259. The van der Waals surface area contributed by atoms with E-state index in [1.165, 1.54) is 24.3 Å². The number of benzene rings is 1. The van der Waals surface area contributed by atoms with E-state index in [1.54, 1.807) is 6.07 Å². The number of hydrogen-bond donors (Lipinski definition) is 0. The SMILES string of the molecule is C=C[C@]1(C)CC[C@@H](C(=C)CN(CCOC(=O)CCCC(=O)OCCOc2no[n+]([O-])c2S(=O)(=O)c2ccccc2)C(C)C)C[C@H]1C(=C)CCl. The molecule has 1 aromatic carbocycles. The largest absolute Gasteiger partial charge is 0.464 e. The summed E-state index contributed by atoms with van der Waals surface area (Å²) in [5.41, 5.74) is 2.16. The standard InChI is InChI=1S/C35H48ClN3O9S/c1-7-35(6)17-16-28(22-30(35)26(4)23-36)27(5)24-38(25(2)3)18-19-45-31(40)14-11-15-32(41)46-20-21-47-33-34(39(42)48-37-33)49(43,44)29-12-9-8-10-13-29/h7-10,12-13,25,28,30H,1,4-5,11,14-24H2,2-3,6H3/t28-,30+,35-/m1/s1. The van der Waals surface area contributed by atoms with Gasteiger partial charge in [-0.15, -0.1) is 18.2 Å². The van der Waals surface area contributed by atoms with Crippen molar-refractivity contribution in [1.82, 2.24) is 10.1 Å². The zero-order chi connectivity index (χ0) is 36.2. The summed E-state index contributed by atoms with van der Waals surface area (Å²) in [5.74, 6) is -0.526. The number of hydrogen-bond acceptors (Lipinski definition) is 11. The Morgan fingerprint density at radius 3 is 2.41 bits per heavy atom. The number of esters is 2. The van der Waals surface area contributed by atoms with Crippen LogP contribution in [0.15, 0.2) is 81.8 Å². The lowest BCUT2D eigenvalue weighted by Gasteiger charge is -2.44.